The van der Waals surface area contributed by atoms with Gasteiger partial charge in [0, 0.05) is 0 Å². The number of hydrogen-bond donors (Lipinski definition) is 0. The summed E-state index contributed by atoms with van der Waals surface area (Å²) in [5.41, 5.74) is -0.926. The van der Waals surface area contributed by atoms with Crippen molar-refractivity contribution in [2.24, 2.45) is 0 Å². The lowest BCUT2D eigenvalue weighted by molar-refractivity contribution is -1.03. The number of halogens is 4. The number of ether oxygens (including phenoxy) is 1. The van der Waals surface area contributed by atoms with Gasteiger partial charge in [-0.15, -0.1) is 0 Å². The van der Waals surface area contributed by atoms with Gasteiger partial charge in [0.25, 0.3) is 0 Å². The van der Waals surface area contributed by atoms with E-state index in [-0.39, 0.29) is 4.90 Å². The number of alkyl halides is 3. The Kier molecular flexibility index (Phi) is 6.49. The smallest absolute Gasteiger partial charge is 0.416 e. The van der Waals surface area contributed by atoms with Gasteiger partial charge >= 0.3 is 36.5 Å². The Labute approximate surface area is 174 Å². The first-order valence-corrected chi connectivity index (χ1v) is 12.7. The zero-order valence-corrected chi connectivity index (χ0v) is 18.0. The minimum atomic E-state index is -4.55. The van der Waals surface area contributed by atoms with E-state index in [0.717, 1.165) is 27.8 Å². The van der Waals surface area contributed by atoms with E-state index in [1.54, 1.807) is 54.6 Å². The van der Waals surface area contributed by atoms with Gasteiger partial charge in [-0.1, -0.05) is 18.2 Å². The van der Waals surface area contributed by atoms with Crippen molar-refractivity contribution in [1.82, 2.24) is 0 Å². The van der Waals surface area contributed by atoms with Crippen LogP contribution in [-0.4, -0.2) is 15.5 Å². The highest BCUT2D eigenvalue weighted by Gasteiger charge is 2.38. The zero-order chi connectivity index (χ0) is 21.1. The molecule has 0 atom stereocenters. The molecule has 29 heavy (non-hydrogen) atoms. The van der Waals surface area contributed by atoms with Crippen LogP contribution in [0.3, 0.4) is 0 Å². The van der Waals surface area contributed by atoms with E-state index in [9.17, 15) is 21.6 Å². The number of hydrogen-bond acceptors (Lipinski definition) is 4. The van der Waals surface area contributed by atoms with Gasteiger partial charge in [-0.3, -0.25) is 0 Å². The molecule has 3 rings (SSSR count). The summed E-state index contributed by atoms with van der Waals surface area (Å²) in [6.07, 6.45) is -4.55. The van der Waals surface area contributed by atoms with Crippen LogP contribution in [-0.2, 0) is 18.8 Å². The van der Waals surface area contributed by atoms with Gasteiger partial charge in [-0.25, -0.2) is 0 Å². The molecule has 0 N–H and O–H groups in total. The minimum Gasteiger partial charge on any atom is -0.497 e. The maximum atomic E-state index is 12.8. The Bertz CT molecular complexity index is 1050. The van der Waals surface area contributed by atoms with Crippen LogP contribution < -0.4 is 25.0 Å². The third kappa shape index (κ3) is 5.28. The molecule has 4 nitrogen and oxygen atoms in total. The van der Waals surface area contributed by atoms with Gasteiger partial charge in [0.15, 0.2) is 7.14 Å². The van der Waals surface area contributed by atoms with Crippen LogP contribution >= 0.6 is 0 Å². The second-order valence-electron chi connectivity index (χ2n) is 5.74. The minimum absolute atomic E-state index is 0.322. The largest absolute Gasteiger partial charge is 0.497 e. The van der Waals surface area contributed by atoms with Crippen molar-refractivity contribution in [3.8, 4) is 5.75 Å². The molecule has 0 bridgehead atoms. The quantitative estimate of drug-likeness (QED) is 0.451. The number of benzene rings is 3. The van der Waals surface area contributed by atoms with Crippen LogP contribution in [0, 0.1) is 7.14 Å². The molecule has 3 aromatic rings. The summed E-state index contributed by atoms with van der Waals surface area (Å²) in [5, 5.41) is 0. The van der Waals surface area contributed by atoms with Crippen LogP contribution in [0.1, 0.15) is 5.56 Å². The topological polar surface area (TPSA) is 52.6 Å². The van der Waals surface area contributed by atoms with E-state index >= 15 is 0 Å². The molecular formula is C20H16F3IO4S+. The van der Waals surface area contributed by atoms with Gasteiger partial charge in [0.1, 0.15) is 5.75 Å². The highest BCUT2D eigenvalue weighted by Crippen LogP contribution is 2.29. The molecule has 0 aliphatic carbocycles. The Morgan fingerprint density at radius 1 is 0.793 bits per heavy atom. The van der Waals surface area contributed by atoms with Gasteiger partial charge in [-0.05, 0) is 63.2 Å². The van der Waals surface area contributed by atoms with Crippen molar-refractivity contribution in [2.45, 2.75) is 11.1 Å². The summed E-state index contributed by atoms with van der Waals surface area (Å²) in [4.78, 5) is -0.322. The van der Waals surface area contributed by atoms with E-state index in [2.05, 4.69) is 0 Å². The molecule has 0 heterocycles. The highest BCUT2D eigenvalue weighted by atomic mass is 127. The summed E-state index contributed by atoms with van der Waals surface area (Å²) in [5.74, 6) is 0.614. The molecular weight excluding hydrogens is 520 g/mol. The number of rotatable bonds is 6. The summed E-state index contributed by atoms with van der Waals surface area (Å²) in [7, 11) is -2.74. The molecule has 0 fully saturated rings. The van der Waals surface area contributed by atoms with Gasteiger partial charge in [0.2, 0.25) is 0 Å². The second-order valence-corrected chi connectivity index (χ2v) is 12.2. The summed E-state index contributed by atoms with van der Waals surface area (Å²) in [6, 6.07) is 19.1. The van der Waals surface area contributed by atoms with Crippen molar-refractivity contribution in [1.29, 1.82) is 0 Å². The molecule has 0 saturated heterocycles. The van der Waals surface area contributed by atoms with Crippen molar-refractivity contribution < 1.29 is 49.1 Å². The van der Waals surface area contributed by atoms with Crippen molar-refractivity contribution >= 4 is 10.1 Å². The standard InChI is InChI=1S/C20H16F3IO4S/c1-27-18-11-9-17(10-12-18)24(16-5-3-2-4-6-16)28-29(25,26)19-13-7-15(8-14-19)20(21,22)23/h2-14H,1H3/q+1. The lowest BCUT2D eigenvalue weighted by Crippen LogP contribution is -3.85. The molecule has 1 radical (unpaired) electrons. The van der Waals surface area contributed by atoms with Crippen LogP contribution in [0.2, 0.25) is 0 Å². The Morgan fingerprint density at radius 2 is 1.34 bits per heavy atom. The summed E-state index contributed by atoms with van der Waals surface area (Å²) < 4.78 is 76.0. The van der Waals surface area contributed by atoms with Crippen LogP contribution in [0.5, 0.6) is 5.75 Å². The first-order valence-electron chi connectivity index (χ1n) is 8.22. The van der Waals surface area contributed by atoms with Gasteiger partial charge in [-0.2, -0.15) is 21.6 Å². The molecule has 153 valence electrons. The fraction of sp³-hybridized carbons (Fsp3) is 0.100. The third-order valence-electron chi connectivity index (χ3n) is 3.80. The molecule has 9 heteroatoms. The van der Waals surface area contributed by atoms with E-state index in [1.165, 1.54) is 7.11 Å². The molecule has 0 unspecified atom stereocenters. The SMILES string of the molecule is COc1ccc([I+](OS(=O)(=O)c2ccc(C(F)(F)F)cc2)c2ccccc2)cc1. The third-order valence-corrected chi connectivity index (χ3v) is 11.1. The summed E-state index contributed by atoms with van der Waals surface area (Å²) in [6.45, 7) is 0. The van der Waals surface area contributed by atoms with Crippen molar-refractivity contribution in [2.75, 3.05) is 7.11 Å². The Balaban J connectivity index is 1.96. The average molecular weight is 536 g/mol. The van der Waals surface area contributed by atoms with E-state index < -0.39 is 42.1 Å². The highest BCUT2D eigenvalue weighted by molar-refractivity contribution is 7.86. The van der Waals surface area contributed by atoms with E-state index in [0.29, 0.717) is 9.32 Å². The molecule has 0 amide bonds. The molecule has 0 aliphatic rings. The average Bonchev–Trinajstić information content (AvgIpc) is 2.72. The lowest BCUT2D eigenvalue weighted by Gasteiger charge is -2.09. The predicted molar refractivity (Wildman–Crippen MR) is 96.5 cm³/mol. The van der Waals surface area contributed by atoms with Crippen LogP contribution in [0.25, 0.3) is 0 Å². The van der Waals surface area contributed by atoms with Crippen molar-refractivity contribution in [3.05, 3.63) is 91.6 Å². The number of methoxy groups -OCH3 is 1. The van der Waals surface area contributed by atoms with E-state index in [1.807, 2.05) is 0 Å². The zero-order valence-electron chi connectivity index (χ0n) is 15.1. The molecule has 0 aromatic heterocycles. The molecule has 0 saturated carbocycles. The molecule has 3 aromatic carbocycles. The normalized spacial score (nSPS) is 12.2. The van der Waals surface area contributed by atoms with Crippen LogP contribution in [0.15, 0.2) is 83.8 Å². The maximum absolute atomic E-state index is 12.8. The van der Waals surface area contributed by atoms with E-state index in [4.69, 9.17) is 7.25 Å². The summed E-state index contributed by atoms with van der Waals surface area (Å²) >= 11 is -2.91. The monoisotopic (exact) mass is 536 g/mol. The lowest BCUT2D eigenvalue weighted by atomic mass is 10.2. The fourth-order valence-corrected chi connectivity index (χ4v) is 9.29. The maximum Gasteiger partial charge on any atom is 0.416 e. The molecule has 0 spiro atoms. The fourth-order valence-electron chi connectivity index (χ4n) is 2.34. The first-order chi connectivity index (χ1) is 13.7. The van der Waals surface area contributed by atoms with Crippen molar-refractivity contribution in [3.63, 3.8) is 0 Å². The predicted octanol–water partition coefficient (Wildman–Crippen LogP) is 1.70. The molecule has 0 aliphatic heterocycles. The van der Waals surface area contributed by atoms with Gasteiger partial charge in [0.05, 0.1) is 17.6 Å². The van der Waals surface area contributed by atoms with Crippen LogP contribution in [0.4, 0.5) is 13.2 Å². The second kappa shape index (κ2) is 8.72. The Hall–Kier alpha value is -2.11. The van der Waals surface area contributed by atoms with Gasteiger partial charge < -0.3 is 4.74 Å². The first kappa shape index (κ1) is 21.6. The Morgan fingerprint density at radius 3 is 1.86 bits per heavy atom.